The molecule has 4 nitrogen and oxygen atoms in total. The first kappa shape index (κ1) is 8.33. The predicted molar refractivity (Wildman–Crippen MR) is 44.6 cm³/mol. The van der Waals surface area contributed by atoms with Crippen molar-refractivity contribution in [1.29, 1.82) is 0 Å². The molecule has 1 aliphatic rings. The van der Waals surface area contributed by atoms with Crippen molar-refractivity contribution in [3.63, 3.8) is 0 Å². The van der Waals surface area contributed by atoms with E-state index in [2.05, 4.69) is 15.6 Å². The fraction of sp³-hybridized carbons (Fsp3) is 0.857. The van der Waals surface area contributed by atoms with Gasteiger partial charge in [0.1, 0.15) is 0 Å². The molecule has 3 N–H and O–H groups in total. The second-order valence-corrected chi connectivity index (χ2v) is 2.72. The van der Waals surface area contributed by atoms with Gasteiger partial charge in [0.15, 0.2) is 5.96 Å². The molecule has 11 heavy (non-hydrogen) atoms. The SMILES string of the molecule is C[C@@H](O)CCNC1=NCCN1. The molecule has 0 aliphatic carbocycles. The second-order valence-electron chi connectivity index (χ2n) is 2.72. The normalized spacial score (nSPS) is 18.9. The largest absolute Gasteiger partial charge is 0.393 e. The molecule has 0 fully saturated rings. The van der Waals surface area contributed by atoms with E-state index in [-0.39, 0.29) is 6.10 Å². The van der Waals surface area contributed by atoms with Crippen LogP contribution in [0.4, 0.5) is 0 Å². The van der Waals surface area contributed by atoms with E-state index in [0.717, 1.165) is 32.0 Å². The van der Waals surface area contributed by atoms with Crippen LogP contribution in [0.3, 0.4) is 0 Å². The number of nitrogens with zero attached hydrogens (tertiary/aromatic N) is 1. The number of rotatable bonds is 3. The van der Waals surface area contributed by atoms with Crippen LogP contribution < -0.4 is 10.6 Å². The van der Waals surface area contributed by atoms with Crippen LogP contribution in [0.15, 0.2) is 4.99 Å². The van der Waals surface area contributed by atoms with Gasteiger partial charge < -0.3 is 15.7 Å². The van der Waals surface area contributed by atoms with Gasteiger partial charge in [0.05, 0.1) is 12.6 Å². The van der Waals surface area contributed by atoms with Crippen molar-refractivity contribution in [2.24, 2.45) is 4.99 Å². The Morgan fingerprint density at radius 3 is 3.18 bits per heavy atom. The van der Waals surface area contributed by atoms with E-state index in [1.165, 1.54) is 0 Å². The van der Waals surface area contributed by atoms with E-state index in [1.54, 1.807) is 6.92 Å². The van der Waals surface area contributed by atoms with Gasteiger partial charge in [0.25, 0.3) is 0 Å². The summed E-state index contributed by atoms with van der Waals surface area (Å²) in [4.78, 5) is 4.15. The quantitative estimate of drug-likeness (QED) is 0.508. The molecule has 0 aromatic carbocycles. The second kappa shape index (κ2) is 4.18. The fourth-order valence-corrected chi connectivity index (χ4v) is 0.916. The highest BCUT2D eigenvalue weighted by atomic mass is 16.3. The van der Waals surface area contributed by atoms with Crippen LogP contribution >= 0.6 is 0 Å². The molecule has 0 bridgehead atoms. The fourth-order valence-electron chi connectivity index (χ4n) is 0.916. The lowest BCUT2D eigenvalue weighted by atomic mass is 10.3. The third kappa shape index (κ3) is 3.23. The highest BCUT2D eigenvalue weighted by Crippen LogP contribution is 1.87. The molecule has 1 rings (SSSR count). The Kier molecular flexibility index (Phi) is 3.16. The summed E-state index contributed by atoms with van der Waals surface area (Å²) in [7, 11) is 0. The number of guanidine groups is 1. The van der Waals surface area contributed by atoms with Crippen LogP contribution in [0.25, 0.3) is 0 Å². The number of aliphatic imine (C=N–C) groups is 1. The lowest BCUT2D eigenvalue weighted by Crippen LogP contribution is -2.35. The third-order valence-electron chi connectivity index (χ3n) is 1.53. The predicted octanol–water partition coefficient (Wildman–Crippen LogP) is -0.694. The Hall–Kier alpha value is -0.770. The first-order valence-electron chi connectivity index (χ1n) is 3.99. The molecule has 1 heterocycles. The van der Waals surface area contributed by atoms with Crippen LogP contribution in [-0.4, -0.2) is 36.8 Å². The molecule has 0 radical (unpaired) electrons. The molecule has 0 spiro atoms. The number of hydrogen-bond acceptors (Lipinski definition) is 4. The van der Waals surface area contributed by atoms with Gasteiger partial charge >= 0.3 is 0 Å². The first-order valence-corrected chi connectivity index (χ1v) is 3.99. The minimum atomic E-state index is -0.232. The first-order chi connectivity index (χ1) is 5.29. The van der Waals surface area contributed by atoms with E-state index in [0.29, 0.717) is 0 Å². The molecule has 1 atom stereocenters. The van der Waals surface area contributed by atoms with Crippen molar-refractivity contribution < 1.29 is 5.11 Å². The maximum absolute atomic E-state index is 8.93. The number of nitrogens with one attached hydrogen (secondary N) is 2. The summed E-state index contributed by atoms with van der Waals surface area (Å²) in [6, 6.07) is 0. The van der Waals surface area contributed by atoms with Gasteiger partial charge in [-0.3, -0.25) is 4.99 Å². The molecule has 0 aromatic rings. The maximum Gasteiger partial charge on any atom is 0.191 e. The minimum Gasteiger partial charge on any atom is -0.393 e. The van der Waals surface area contributed by atoms with Crippen molar-refractivity contribution in [3.05, 3.63) is 0 Å². The van der Waals surface area contributed by atoms with Gasteiger partial charge in [0, 0.05) is 13.1 Å². The van der Waals surface area contributed by atoms with E-state index in [9.17, 15) is 0 Å². The summed E-state index contributed by atoms with van der Waals surface area (Å²) in [5.41, 5.74) is 0. The zero-order valence-corrected chi connectivity index (χ0v) is 6.80. The van der Waals surface area contributed by atoms with Crippen molar-refractivity contribution in [2.75, 3.05) is 19.6 Å². The Morgan fingerprint density at radius 1 is 1.82 bits per heavy atom. The van der Waals surface area contributed by atoms with Crippen molar-refractivity contribution in [2.45, 2.75) is 19.4 Å². The standard InChI is InChI=1S/C7H15N3O/c1-6(11)2-3-8-7-9-4-5-10-7/h6,11H,2-5H2,1H3,(H2,8,9,10)/t6-/m1/s1. The van der Waals surface area contributed by atoms with Gasteiger partial charge in [-0.25, -0.2) is 0 Å². The minimum absolute atomic E-state index is 0.232. The van der Waals surface area contributed by atoms with E-state index in [1.807, 2.05) is 0 Å². The van der Waals surface area contributed by atoms with Crippen molar-refractivity contribution >= 4 is 5.96 Å². The summed E-state index contributed by atoms with van der Waals surface area (Å²) < 4.78 is 0. The van der Waals surface area contributed by atoms with Crippen molar-refractivity contribution in [3.8, 4) is 0 Å². The summed E-state index contributed by atoms with van der Waals surface area (Å²) >= 11 is 0. The lowest BCUT2D eigenvalue weighted by molar-refractivity contribution is 0.185. The zero-order chi connectivity index (χ0) is 8.10. The molecule has 4 heteroatoms. The van der Waals surface area contributed by atoms with Crippen LogP contribution in [-0.2, 0) is 0 Å². The monoisotopic (exact) mass is 157 g/mol. The van der Waals surface area contributed by atoms with Crippen LogP contribution in [0, 0.1) is 0 Å². The van der Waals surface area contributed by atoms with Crippen molar-refractivity contribution in [1.82, 2.24) is 10.6 Å². The third-order valence-corrected chi connectivity index (χ3v) is 1.53. The van der Waals surface area contributed by atoms with E-state index >= 15 is 0 Å². The average Bonchev–Trinajstić information content (AvgIpc) is 2.39. The molecular formula is C7H15N3O. The molecule has 64 valence electrons. The number of aliphatic hydroxyl groups is 1. The van der Waals surface area contributed by atoms with Gasteiger partial charge in [-0.1, -0.05) is 0 Å². The van der Waals surface area contributed by atoms with Crippen LogP contribution in [0.1, 0.15) is 13.3 Å². The summed E-state index contributed by atoms with van der Waals surface area (Å²) in [6.07, 6.45) is 0.533. The van der Waals surface area contributed by atoms with Gasteiger partial charge in [0.2, 0.25) is 0 Å². The van der Waals surface area contributed by atoms with Crippen LogP contribution in [0.5, 0.6) is 0 Å². The summed E-state index contributed by atoms with van der Waals surface area (Å²) in [5, 5.41) is 15.1. The summed E-state index contributed by atoms with van der Waals surface area (Å²) in [6.45, 7) is 4.35. The maximum atomic E-state index is 8.93. The van der Waals surface area contributed by atoms with Gasteiger partial charge in [-0.05, 0) is 13.3 Å². The smallest absolute Gasteiger partial charge is 0.191 e. The molecule has 0 saturated heterocycles. The molecule has 0 aromatic heterocycles. The highest BCUT2D eigenvalue weighted by molar-refractivity contribution is 5.81. The highest BCUT2D eigenvalue weighted by Gasteiger charge is 2.03. The van der Waals surface area contributed by atoms with Crippen LogP contribution in [0.2, 0.25) is 0 Å². The molecule has 0 amide bonds. The number of hydrogen-bond donors (Lipinski definition) is 3. The zero-order valence-electron chi connectivity index (χ0n) is 6.80. The summed E-state index contributed by atoms with van der Waals surface area (Å²) in [5.74, 6) is 0.866. The molecular weight excluding hydrogens is 142 g/mol. The molecule has 0 saturated carbocycles. The van der Waals surface area contributed by atoms with Gasteiger partial charge in [-0.15, -0.1) is 0 Å². The molecule has 0 unspecified atom stereocenters. The van der Waals surface area contributed by atoms with E-state index in [4.69, 9.17) is 5.11 Å². The topological polar surface area (TPSA) is 56.6 Å². The molecule has 1 aliphatic heterocycles. The lowest BCUT2D eigenvalue weighted by Gasteiger charge is -2.07. The van der Waals surface area contributed by atoms with E-state index < -0.39 is 0 Å². The Balaban J connectivity index is 2.03. The van der Waals surface area contributed by atoms with Gasteiger partial charge in [-0.2, -0.15) is 0 Å². The Labute approximate surface area is 66.7 Å². The Bertz CT molecular complexity index is 145. The average molecular weight is 157 g/mol. The Morgan fingerprint density at radius 2 is 2.64 bits per heavy atom. The number of aliphatic hydroxyl groups excluding tert-OH is 1.